The van der Waals surface area contributed by atoms with Crippen LogP contribution in [-0.2, 0) is 0 Å². The van der Waals surface area contributed by atoms with Crippen molar-refractivity contribution in [2.45, 2.75) is 0 Å². The molecule has 0 unspecified atom stereocenters. The van der Waals surface area contributed by atoms with Crippen LogP contribution in [-0.4, -0.2) is 52.0 Å². The second-order valence-electron chi connectivity index (χ2n) is 7.92. The molecule has 0 radical (unpaired) electrons. The summed E-state index contributed by atoms with van der Waals surface area (Å²) in [6.07, 6.45) is 2.99. The number of hydrogen-bond donors (Lipinski definition) is 2. The van der Waals surface area contributed by atoms with Crippen LogP contribution in [0.4, 0.5) is 23.1 Å². The number of benzene rings is 2. The molecule has 0 atom stereocenters. The SMILES string of the molecule is O=C(NNc1ncnc(N2CCN(c3ccccn3)CC2)c1[N+](=O)[O-])c1cccc2ccccc12. The molecule has 4 aromatic rings. The number of amides is 1. The Balaban J connectivity index is 1.33. The summed E-state index contributed by atoms with van der Waals surface area (Å²) in [5.41, 5.74) is 5.32. The maximum absolute atomic E-state index is 12.9. The molecule has 1 amide bonds. The average Bonchev–Trinajstić information content (AvgIpc) is 2.91. The van der Waals surface area contributed by atoms with Gasteiger partial charge in [0.25, 0.3) is 5.91 Å². The molecule has 0 spiro atoms. The lowest BCUT2D eigenvalue weighted by Crippen LogP contribution is -2.47. The van der Waals surface area contributed by atoms with E-state index in [1.807, 2.05) is 53.4 Å². The summed E-state index contributed by atoms with van der Waals surface area (Å²) in [6, 6.07) is 18.6. The fraction of sp³-hybridized carbons (Fsp3) is 0.167. The number of fused-ring (bicyclic) bond motifs is 1. The standard InChI is InChI=1S/C24H22N8O3/c33-24(19-9-5-7-17-6-1-2-8-18(17)19)29-28-22-21(32(34)35)23(27-16-26-22)31-14-12-30(13-15-31)20-10-3-4-11-25-20/h1-11,16H,12-15H2,(H,29,33)(H,26,27,28). The highest BCUT2D eigenvalue weighted by Gasteiger charge is 2.30. The van der Waals surface area contributed by atoms with Gasteiger partial charge in [-0.05, 0) is 29.0 Å². The van der Waals surface area contributed by atoms with Gasteiger partial charge in [0.15, 0.2) is 0 Å². The highest BCUT2D eigenvalue weighted by molar-refractivity contribution is 6.07. The highest BCUT2D eigenvalue weighted by Crippen LogP contribution is 2.32. The second kappa shape index (κ2) is 9.59. The van der Waals surface area contributed by atoms with Crippen molar-refractivity contribution in [2.24, 2.45) is 0 Å². The third-order valence-electron chi connectivity index (χ3n) is 5.87. The van der Waals surface area contributed by atoms with Crippen LogP contribution in [0.1, 0.15) is 10.4 Å². The Labute approximate surface area is 200 Å². The molecular formula is C24H22N8O3. The Kier molecular flexibility index (Phi) is 6.03. The van der Waals surface area contributed by atoms with E-state index >= 15 is 0 Å². The second-order valence-corrected chi connectivity index (χ2v) is 7.92. The number of carbonyl (C=O) groups is 1. The van der Waals surface area contributed by atoms with E-state index in [9.17, 15) is 14.9 Å². The van der Waals surface area contributed by atoms with E-state index in [1.165, 1.54) is 6.33 Å². The molecule has 3 heterocycles. The van der Waals surface area contributed by atoms with E-state index in [0.29, 0.717) is 31.7 Å². The summed E-state index contributed by atoms with van der Waals surface area (Å²) in [6.45, 7) is 2.32. The normalized spacial score (nSPS) is 13.5. The van der Waals surface area contributed by atoms with E-state index in [0.717, 1.165) is 16.6 Å². The van der Waals surface area contributed by atoms with Gasteiger partial charge >= 0.3 is 5.69 Å². The molecule has 2 aromatic carbocycles. The Bertz CT molecular complexity index is 1370. The van der Waals surface area contributed by atoms with Gasteiger partial charge in [-0.25, -0.2) is 15.0 Å². The first-order valence-corrected chi connectivity index (χ1v) is 11.1. The number of piperazine rings is 1. The first-order valence-electron chi connectivity index (χ1n) is 11.1. The zero-order valence-electron chi connectivity index (χ0n) is 18.7. The zero-order valence-corrected chi connectivity index (χ0v) is 18.7. The van der Waals surface area contributed by atoms with E-state index in [1.54, 1.807) is 18.3 Å². The Hall–Kier alpha value is -4.80. The van der Waals surface area contributed by atoms with Gasteiger partial charge in [0.2, 0.25) is 11.6 Å². The van der Waals surface area contributed by atoms with Crippen LogP contribution in [0.3, 0.4) is 0 Å². The van der Waals surface area contributed by atoms with Gasteiger partial charge in [0.1, 0.15) is 12.1 Å². The number of hydrogen-bond acceptors (Lipinski definition) is 9. The smallest absolute Gasteiger partial charge is 0.353 e. The van der Waals surface area contributed by atoms with Crippen molar-refractivity contribution in [3.8, 4) is 0 Å². The predicted octanol–water partition coefficient (Wildman–Crippen LogP) is 3.02. The van der Waals surface area contributed by atoms with E-state index in [-0.39, 0.29) is 17.3 Å². The zero-order chi connectivity index (χ0) is 24.2. The Morgan fingerprint density at radius 3 is 2.40 bits per heavy atom. The van der Waals surface area contributed by atoms with E-state index in [2.05, 4.69) is 30.7 Å². The van der Waals surface area contributed by atoms with Crippen molar-refractivity contribution < 1.29 is 9.72 Å². The van der Waals surface area contributed by atoms with Crippen molar-refractivity contribution in [2.75, 3.05) is 41.4 Å². The maximum Gasteiger partial charge on any atom is 0.355 e. The largest absolute Gasteiger partial charge is 0.355 e. The third kappa shape index (κ3) is 4.51. The molecule has 0 saturated carbocycles. The van der Waals surface area contributed by atoms with Crippen molar-refractivity contribution >= 4 is 39.8 Å². The van der Waals surface area contributed by atoms with Gasteiger partial charge in [-0.15, -0.1) is 0 Å². The van der Waals surface area contributed by atoms with Crippen molar-refractivity contribution in [1.82, 2.24) is 20.4 Å². The lowest BCUT2D eigenvalue weighted by atomic mass is 10.0. The molecule has 1 aliphatic rings. The molecule has 11 nitrogen and oxygen atoms in total. The number of nitro groups is 1. The summed E-state index contributed by atoms with van der Waals surface area (Å²) >= 11 is 0. The molecule has 1 saturated heterocycles. The molecule has 11 heteroatoms. The van der Waals surface area contributed by atoms with Crippen LogP contribution in [0, 0.1) is 10.1 Å². The number of rotatable bonds is 6. The highest BCUT2D eigenvalue weighted by atomic mass is 16.6. The lowest BCUT2D eigenvalue weighted by molar-refractivity contribution is -0.383. The van der Waals surface area contributed by atoms with Gasteiger partial charge in [0, 0.05) is 37.9 Å². The van der Waals surface area contributed by atoms with Gasteiger partial charge in [-0.3, -0.25) is 25.8 Å². The minimum atomic E-state index is -0.535. The van der Waals surface area contributed by atoms with Crippen molar-refractivity contribution in [1.29, 1.82) is 0 Å². The molecule has 1 aliphatic heterocycles. The first-order chi connectivity index (χ1) is 17.1. The van der Waals surface area contributed by atoms with E-state index in [4.69, 9.17) is 0 Å². The first kappa shape index (κ1) is 22.0. The van der Waals surface area contributed by atoms with Crippen molar-refractivity contribution in [3.05, 3.63) is 88.9 Å². The van der Waals surface area contributed by atoms with Gasteiger partial charge in [0.05, 0.1) is 4.92 Å². The molecule has 2 aromatic heterocycles. The number of carbonyl (C=O) groups excluding carboxylic acids is 1. The topological polar surface area (TPSA) is 129 Å². The van der Waals surface area contributed by atoms with E-state index < -0.39 is 10.8 Å². The molecule has 176 valence electrons. The van der Waals surface area contributed by atoms with Crippen LogP contribution in [0.2, 0.25) is 0 Å². The van der Waals surface area contributed by atoms with Crippen molar-refractivity contribution in [3.63, 3.8) is 0 Å². The molecule has 0 aliphatic carbocycles. The number of nitrogens with one attached hydrogen (secondary N) is 2. The third-order valence-corrected chi connectivity index (χ3v) is 5.87. The average molecular weight is 470 g/mol. The summed E-state index contributed by atoms with van der Waals surface area (Å²) in [5, 5.41) is 13.7. The molecule has 0 bridgehead atoms. The number of nitrogens with zero attached hydrogens (tertiary/aromatic N) is 6. The molecule has 5 rings (SSSR count). The Morgan fingerprint density at radius 2 is 1.63 bits per heavy atom. The summed E-state index contributed by atoms with van der Waals surface area (Å²) in [5.74, 6) is 0.552. The molecular weight excluding hydrogens is 448 g/mol. The van der Waals surface area contributed by atoms with Crippen LogP contribution in [0.5, 0.6) is 0 Å². The maximum atomic E-state index is 12.9. The van der Waals surface area contributed by atoms with Gasteiger partial charge in [-0.2, -0.15) is 0 Å². The Morgan fingerprint density at radius 1 is 0.886 bits per heavy atom. The minimum absolute atomic E-state index is 0.0826. The van der Waals surface area contributed by atoms with Crippen LogP contribution >= 0.6 is 0 Å². The quantitative estimate of drug-likeness (QED) is 0.323. The van der Waals surface area contributed by atoms with Gasteiger partial charge < -0.3 is 9.80 Å². The van der Waals surface area contributed by atoms with Crippen LogP contribution < -0.4 is 20.7 Å². The minimum Gasteiger partial charge on any atom is -0.353 e. The predicted molar refractivity (Wildman–Crippen MR) is 132 cm³/mol. The monoisotopic (exact) mass is 470 g/mol. The summed E-state index contributed by atoms with van der Waals surface area (Å²) in [4.78, 5) is 40.9. The number of aromatic nitrogens is 3. The number of hydrazine groups is 1. The summed E-state index contributed by atoms with van der Waals surface area (Å²) in [7, 11) is 0. The number of anilines is 3. The number of pyridine rings is 1. The lowest BCUT2D eigenvalue weighted by Gasteiger charge is -2.35. The molecule has 1 fully saturated rings. The fourth-order valence-electron chi connectivity index (χ4n) is 4.16. The fourth-order valence-corrected chi connectivity index (χ4v) is 4.16. The van der Waals surface area contributed by atoms with Crippen LogP contribution in [0.25, 0.3) is 10.8 Å². The summed E-state index contributed by atoms with van der Waals surface area (Å²) < 4.78 is 0. The molecule has 35 heavy (non-hydrogen) atoms. The molecule has 2 N–H and O–H groups in total. The van der Waals surface area contributed by atoms with Crippen LogP contribution in [0.15, 0.2) is 73.2 Å². The van der Waals surface area contributed by atoms with Gasteiger partial charge in [-0.1, -0.05) is 42.5 Å².